The van der Waals surface area contributed by atoms with E-state index in [1.165, 1.54) is 4.31 Å². The highest BCUT2D eigenvalue weighted by Gasteiger charge is 2.52. The second kappa shape index (κ2) is 14.5. The summed E-state index contributed by atoms with van der Waals surface area (Å²) in [6.45, 7) is 12.2. The molecule has 2 heterocycles. The maximum atomic E-state index is 14.5. The van der Waals surface area contributed by atoms with Crippen molar-refractivity contribution in [1.82, 2.24) is 30.5 Å². The molecule has 2 aliphatic heterocycles. The fraction of sp³-hybridized carbons (Fsp3) is 0.857. The molecule has 13 nitrogen and oxygen atoms in total. The Labute approximate surface area is 291 Å². The van der Waals surface area contributed by atoms with Crippen molar-refractivity contribution in [3.05, 3.63) is 0 Å². The summed E-state index contributed by atoms with van der Waals surface area (Å²) >= 11 is 0. The quantitative estimate of drug-likeness (QED) is 0.225. The summed E-state index contributed by atoms with van der Waals surface area (Å²) in [6, 6.07) is -3.86. The highest BCUT2D eigenvalue weighted by atomic mass is 32.2. The Morgan fingerprint density at radius 3 is 2.04 bits per heavy atom. The van der Waals surface area contributed by atoms with E-state index in [1.807, 2.05) is 41.5 Å². The number of sulfonamides is 1. The number of urea groups is 1. The van der Waals surface area contributed by atoms with Gasteiger partial charge >= 0.3 is 6.03 Å². The molecule has 6 atom stereocenters. The number of nitrogens with one attached hydrogen (secondary N) is 4. The van der Waals surface area contributed by atoms with Crippen molar-refractivity contribution in [3.63, 3.8) is 0 Å². The number of hydrogen-bond donors (Lipinski definition) is 4. The van der Waals surface area contributed by atoms with Gasteiger partial charge in [0.25, 0.3) is 5.91 Å². The number of nitrogens with zero attached hydrogens (tertiary/aromatic N) is 2. The average Bonchev–Trinajstić information content (AvgIpc) is 3.38. The van der Waals surface area contributed by atoms with Crippen LogP contribution in [-0.4, -0.2) is 103 Å². The molecule has 2 saturated heterocycles. The minimum absolute atomic E-state index is 0.0182. The molecular formula is C35H58N6O7S. The molecule has 0 bridgehead atoms. The summed E-state index contributed by atoms with van der Waals surface area (Å²) < 4.78 is 26.5. The molecule has 276 valence electrons. The third-order valence-electron chi connectivity index (χ3n) is 11.3. The van der Waals surface area contributed by atoms with E-state index in [-0.39, 0.29) is 42.0 Å². The van der Waals surface area contributed by atoms with E-state index in [0.717, 1.165) is 51.4 Å². The summed E-state index contributed by atoms with van der Waals surface area (Å²) in [4.78, 5) is 70.0. The minimum Gasteiger partial charge on any atom is -0.347 e. The molecule has 4 N–H and O–H groups in total. The largest absolute Gasteiger partial charge is 0.347 e. The van der Waals surface area contributed by atoms with E-state index in [4.69, 9.17) is 0 Å². The van der Waals surface area contributed by atoms with Crippen molar-refractivity contribution in [1.29, 1.82) is 0 Å². The van der Waals surface area contributed by atoms with Gasteiger partial charge in [-0.15, -0.1) is 0 Å². The molecule has 0 aromatic carbocycles. The third-order valence-corrected chi connectivity index (χ3v) is 13.3. The molecule has 14 heteroatoms. The Balaban J connectivity index is 1.32. The Morgan fingerprint density at radius 1 is 0.816 bits per heavy atom. The van der Waals surface area contributed by atoms with Gasteiger partial charge in [0.05, 0.1) is 11.8 Å². The van der Waals surface area contributed by atoms with Crippen LogP contribution in [0.5, 0.6) is 0 Å². The first-order chi connectivity index (χ1) is 22.8. The van der Waals surface area contributed by atoms with E-state index < -0.39 is 68.6 Å². The topological polar surface area (TPSA) is 174 Å². The number of fused-ring (bicyclic) bond motifs is 1. The number of hydrogen-bond acceptors (Lipinski definition) is 7. The van der Waals surface area contributed by atoms with E-state index in [0.29, 0.717) is 25.9 Å². The van der Waals surface area contributed by atoms with Crippen molar-refractivity contribution < 1.29 is 32.4 Å². The van der Waals surface area contributed by atoms with Crippen LogP contribution in [0.1, 0.15) is 106 Å². The lowest BCUT2D eigenvalue weighted by molar-refractivity contribution is -0.144. The number of likely N-dealkylation sites (tertiary alicyclic amines) is 1. The molecule has 1 unspecified atom stereocenters. The lowest BCUT2D eigenvalue weighted by atomic mass is 9.80. The predicted molar refractivity (Wildman–Crippen MR) is 185 cm³/mol. The summed E-state index contributed by atoms with van der Waals surface area (Å²) in [7, 11) is -3.38. The van der Waals surface area contributed by atoms with Crippen LogP contribution in [0.25, 0.3) is 0 Å². The molecule has 3 saturated carbocycles. The molecule has 0 aromatic rings. The van der Waals surface area contributed by atoms with Crippen LogP contribution in [0.15, 0.2) is 0 Å². The second-order valence-corrected chi connectivity index (χ2v) is 19.4. The van der Waals surface area contributed by atoms with Crippen molar-refractivity contribution >= 4 is 39.6 Å². The highest BCUT2D eigenvalue weighted by molar-refractivity contribution is 7.89. The van der Waals surface area contributed by atoms with Crippen molar-refractivity contribution in [3.8, 4) is 0 Å². The monoisotopic (exact) mass is 706 g/mol. The molecule has 49 heavy (non-hydrogen) atoms. The zero-order valence-electron chi connectivity index (χ0n) is 30.2. The SMILES string of the molecule is CC(C)(C)[C@H](NC(=O)N[C@H](CN1CCCS1(=O)=O)C(C)(C)C)C(=O)N1C[C@@H]2CCC[C@@H]2[C@H]1C(=O)NC(CC1CCC1)C(=O)C(=O)NC1CC1. The number of Topliss-reactive ketones (excluding diaryl/α,β-unsaturated/α-hetero) is 1. The number of amides is 5. The predicted octanol–water partition coefficient (Wildman–Crippen LogP) is 2.30. The molecule has 0 aromatic heterocycles. The average molecular weight is 707 g/mol. The van der Waals surface area contributed by atoms with Gasteiger partial charge in [-0.3, -0.25) is 19.2 Å². The fourth-order valence-corrected chi connectivity index (χ4v) is 9.38. The first-order valence-corrected chi connectivity index (χ1v) is 20.0. The first kappa shape index (κ1) is 37.5. The van der Waals surface area contributed by atoms with Crippen molar-refractivity contribution in [2.45, 2.75) is 136 Å². The maximum Gasteiger partial charge on any atom is 0.315 e. The lowest BCUT2D eigenvalue weighted by Crippen LogP contribution is -2.62. The number of ketones is 1. The lowest BCUT2D eigenvalue weighted by Gasteiger charge is -2.38. The van der Waals surface area contributed by atoms with Crippen LogP contribution in [0, 0.1) is 28.6 Å². The number of rotatable bonds is 12. The van der Waals surface area contributed by atoms with E-state index in [1.54, 1.807) is 4.90 Å². The molecule has 3 aliphatic carbocycles. The van der Waals surface area contributed by atoms with Crippen LogP contribution in [-0.2, 0) is 29.2 Å². The zero-order valence-corrected chi connectivity index (χ0v) is 31.0. The third kappa shape index (κ3) is 8.95. The maximum absolute atomic E-state index is 14.5. The molecule has 0 spiro atoms. The van der Waals surface area contributed by atoms with Crippen LogP contribution in [0.3, 0.4) is 0 Å². The van der Waals surface area contributed by atoms with Gasteiger partial charge in [-0.25, -0.2) is 13.2 Å². The van der Waals surface area contributed by atoms with Gasteiger partial charge in [0.1, 0.15) is 12.1 Å². The van der Waals surface area contributed by atoms with Crippen molar-refractivity contribution in [2.24, 2.45) is 28.6 Å². The van der Waals surface area contributed by atoms with Crippen LogP contribution >= 0.6 is 0 Å². The van der Waals surface area contributed by atoms with E-state index in [9.17, 15) is 32.4 Å². The summed E-state index contributed by atoms with van der Waals surface area (Å²) in [5, 5.41) is 11.6. The highest BCUT2D eigenvalue weighted by Crippen LogP contribution is 2.43. The van der Waals surface area contributed by atoms with Crippen LogP contribution in [0.2, 0.25) is 0 Å². The molecule has 5 fully saturated rings. The number of carbonyl (C=O) groups is 5. The van der Waals surface area contributed by atoms with E-state index >= 15 is 0 Å². The first-order valence-electron chi connectivity index (χ1n) is 18.4. The second-order valence-electron chi connectivity index (χ2n) is 17.4. The summed E-state index contributed by atoms with van der Waals surface area (Å²) in [6.07, 6.45) is 8.20. The molecule has 5 amide bonds. The van der Waals surface area contributed by atoms with Crippen molar-refractivity contribution in [2.75, 3.05) is 25.4 Å². The number of carbonyl (C=O) groups excluding carboxylic acids is 5. The Hall–Kier alpha value is -2.74. The van der Waals surface area contributed by atoms with Gasteiger partial charge in [-0.05, 0) is 67.1 Å². The van der Waals surface area contributed by atoms with Gasteiger partial charge in [-0.1, -0.05) is 67.2 Å². The Bertz CT molecular complexity index is 1400. The van der Waals surface area contributed by atoms with Gasteiger partial charge in [0.2, 0.25) is 27.6 Å². The zero-order chi connectivity index (χ0) is 35.9. The smallest absolute Gasteiger partial charge is 0.315 e. The Kier molecular flexibility index (Phi) is 11.1. The fourth-order valence-electron chi connectivity index (χ4n) is 7.84. The van der Waals surface area contributed by atoms with Gasteiger partial charge < -0.3 is 26.2 Å². The summed E-state index contributed by atoms with van der Waals surface area (Å²) in [5.74, 6) is -1.69. The Morgan fingerprint density at radius 2 is 1.49 bits per heavy atom. The minimum atomic E-state index is -3.38. The normalized spacial score (nSPS) is 27.4. The van der Waals surface area contributed by atoms with Gasteiger partial charge in [-0.2, -0.15) is 4.31 Å². The molecule has 0 radical (unpaired) electrons. The van der Waals surface area contributed by atoms with Crippen LogP contribution < -0.4 is 21.3 Å². The molecule has 5 aliphatic rings. The molecular weight excluding hydrogens is 648 g/mol. The van der Waals surface area contributed by atoms with E-state index in [2.05, 4.69) is 21.3 Å². The van der Waals surface area contributed by atoms with Gasteiger partial charge in [0, 0.05) is 31.7 Å². The standard InChI is InChI=1S/C35H58N6O7S/c1-34(2,3)26(20-40-16-9-17-49(40,47)48)38-33(46)39-29(35(4,5)6)32(45)41-19-22-12-8-13-24(22)27(41)30(43)37-25(18-21-10-7-11-21)28(42)31(44)36-23-14-15-23/h21-27,29H,7-20H2,1-6H3,(H,36,44)(H,37,43)(H2,38,39,46)/t22-,24-,25?,26+,27-,29+/m0/s1. The van der Waals surface area contributed by atoms with Crippen LogP contribution in [0.4, 0.5) is 4.79 Å². The summed E-state index contributed by atoms with van der Waals surface area (Å²) in [5.41, 5.74) is -1.21. The van der Waals surface area contributed by atoms with Gasteiger partial charge in [0.15, 0.2) is 0 Å². The molecule has 5 rings (SSSR count).